The first-order valence-corrected chi connectivity index (χ1v) is 8.05. The van der Waals surface area contributed by atoms with Crippen LogP contribution in [0.25, 0.3) is 0 Å². The molecule has 0 aliphatic heterocycles. The molecule has 1 aliphatic carbocycles. The van der Waals surface area contributed by atoms with Gasteiger partial charge in [0.25, 0.3) is 12.1 Å². The quantitative estimate of drug-likeness (QED) is 0.614. The predicted octanol–water partition coefficient (Wildman–Crippen LogP) is 4.62. The fourth-order valence-electron chi connectivity index (χ4n) is 2.73. The summed E-state index contributed by atoms with van der Waals surface area (Å²) in [5, 5.41) is 13.8. The van der Waals surface area contributed by atoms with E-state index in [9.17, 15) is 18.9 Å². The Morgan fingerprint density at radius 1 is 1.43 bits per heavy atom. The van der Waals surface area contributed by atoms with Gasteiger partial charge in [-0.05, 0) is 25.2 Å². The van der Waals surface area contributed by atoms with E-state index in [1.165, 1.54) is 12.1 Å². The number of rotatable bonds is 6. The molecule has 1 saturated carbocycles. The zero-order valence-corrected chi connectivity index (χ0v) is 12.6. The van der Waals surface area contributed by atoms with Crippen LogP contribution in [0.15, 0.2) is 18.2 Å². The molecule has 0 heterocycles. The second-order valence-corrected chi connectivity index (χ2v) is 6.55. The van der Waals surface area contributed by atoms with Crippen LogP contribution in [0, 0.1) is 10.1 Å². The van der Waals surface area contributed by atoms with Crippen molar-refractivity contribution in [2.24, 2.45) is 0 Å². The number of hydrogen-bond acceptors (Lipinski definition) is 4. The molecule has 1 aromatic rings. The number of alkyl halides is 2. The van der Waals surface area contributed by atoms with Crippen LogP contribution in [0.3, 0.4) is 0 Å². The van der Waals surface area contributed by atoms with Gasteiger partial charge < -0.3 is 5.32 Å². The van der Waals surface area contributed by atoms with Crippen LogP contribution < -0.4 is 5.32 Å². The number of anilines is 1. The summed E-state index contributed by atoms with van der Waals surface area (Å²) in [4.78, 5) is 10.0. The van der Waals surface area contributed by atoms with Crippen molar-refractivity contribution in [3.63, 3.8) is 0 Å². The summed E-state index contributed by atoms with van der Waals surface area (Å²) in [6.45, 7) is 0.603. The molecule has 1 N–H and O–H groups in total. The van der Waals surface area contributed by atoms with Crippen molar-refractivity contribution in [2.45, 2.75) is 36.9 Å². The summed E-state index contributed by atoms with van der Waals surface area (Å²) in [6, 6.07) is 3.59. The van der Waals surface area contributed by atoms with E-state index in [0.717, 1.165) is 31.7 Å². The number of nitrogens with zero attached hydrogens (tertiary/aromatic N) is 1. The number of thioether (sulfide) groups is 1. The maximum Gasteiger partial charge on any atom is 0.270 e. The zero-order chi connectivity index (χ0) is 15.5. The molecular formula is C14H18F2N2O2S. The number of nitro benzene ring substituents is 1. The fraction of sp³-hybridized carbons (Fsp3) is 0.571. The maximum absolute atomic E-state index is 13.1. The van der Waals surface area contributed by atoms with Crippen molar-refractivity contribution in [3.05, 3.63) is 33.9 Å². The predicted molar refractivity (Wildman–Crippen MR) is 81.3 cm³/mol. The van der Waals surface area contributed by atoms with Gasteiger partial charge in [-0.3, -0.25) is 10.1 Å². The van der Waals surface area contributed by atoms with E-state index in [-0.39, 0.29) is 21.7 Å². The Balaban J connectivity index is 2.17. The molecule has 1 aliphatic rings. The Morgan fingerprint density at radius 2 is 2.10 bits per heavy atom. The molecule has 7 heteroatoms. The lowest BCUT2D eigenvalue weighted by atomic mass is 10.1. The van der Waals surface area contributed by atoms with Crippen LogP contribution in [0.1, 0.15) is 37.7 Å². The van der Waals surface area contributed by atoms with Gasteiger partial charge in [-0.15, -0.1) is 0 Å². The lowest BCUT2D eigenvalue weighted by Crippen LogP contribution is -2.30. The molecule has 4 nitrogen and oxygen atoms in total. The Morgan fingerprint density at radius 3 is 2.62 bits per heavy atom. The highest BCUT2D eigenvalue weighted by Gasteiger charge is 2.33. The lowest BCUT2D eigenvalue weighted by Gasteiger charge is -2.28. The Bertz CT molecular complexity index is 520. The number of benzene rings is 1. The molecule has 0 radical (unpaired) electrons. The van der Waals surface area contributed by atoms with Crippen LogP contribution in [-0.2, 0) is 0 Å². The van der Waals surface area contributed by atoms with E-state index in [1.54, 1.807) is 11.8 Å². The molecule has 2 rings (SSSR count). The van der Waals surface area contributed by atoms with E-state index in [4.69, 9.17) is 0 Å². The van der Waals surface area contributed by atoms with Crippen molar-refractivity contribution >= 4 is 23.1 Å². The Hall–Kier alpha value is -1.37. The minimum atomic E-state index is -2.73. The standard InChI is InChI=1S/C14H18F2N2O2S/c1-21-14(6-2-3-7-14)9-17-12-5-4-10(18(19)20)8-11(12)13(15)16/h4-5,8,13,17H,2-3,6-7,9H2,1H3. The van der Waals surface area contributed by atoms with Gasteiger partial charge >= 0.3 is 0 Å². The largest absolute Gasteiger partial charge is 0.383 e. The molecule has 0 spiro atoms. The summed E-state index contributed by atoms with van der Waals surface area (Å²) >= 11 is 1.76. The van der Waals surface area contributed by atoms with E-state index in [2.05, 4.69) is 5.32 Å². The van der Waals surface area contributed by atoms with Crippen LogP contribution in [-0.4, -0.2) is 22.5 Å². The van der Waals surface area contributed by atoms with Gasteiger partial charge in [-0.1, -0.05) is 12.8 Å². The average molecular weight is 316 g/mol. The van der Waals surface area contributed by atoms with Gasteiger partial charge in [0.2, 0.25) is 0 Å². The van der Waals surface area contributed by atoms with Crippen molar-refractivity contribution in [3.8, 4) is 0 Å². The Kier molecular flexibility index (Phi) is 5.03. The van der Waals surface area contributed by atoms with E-state index in [0.29, 0.717) is 6.54 Å². The summed E-state index contributed by atoms with van der Waals surface area (Å²) in [6.07, 6.45) is 3.75. The molecule has 0 aromatic heterocycles. The van der Waals surface area contributed by atoms with Crippen LogP contribution in [0.2, 0.25) is 0 Å². The highest BCUT2D eigenvalue weighted by molar-refractivity contribution is 8.00. The third-order valence-electron chi connectivity index (χ3n) is 4.03. The van der Waals surface area contributed by atoms with Gasteiger partial charge in [0.1, 0.15) is 0 Å². The Labute approximate surface area is 126 Å². The third kappa shape index (κ3) is 3.64. The molecule has 116 valence electrons. The molecule has 1 aromatic carbocycles. The first kappa shape index (κ1) is 16.0. The number of nitrogens with one attached hydrogen (secondary N) is 1. The monoisotopic (exact) mass is 316 g/mol. The van der Waals surface area contributed by atoms with Crippen molar-refractivity contribution in [1.82, 2.24) is 0 Å². The van der Waals surface area contributed by atoms with Crippen LogP contribution >= 0.6 is 11.8 Å². The molecule has 0 bridgehead atoms. The van der Waals surface area contributed by atoms with Crippen LogP contribution in [0.4, 0.5) is 20.2 Å². The summed E-state index contributed by atoms with van der Waals surface area (Å²) in [5.41, 5.74) is -0.328. The topological polar surface area (TPSA) is 55.2 Å². The van der Waals surface area contributed by atoms with Gasteiger partial charge in [0, 0.05) is 34.7 Å². The van der Waals surface area contributed by atoms with E-state index in [1.807, 2.05) is 6.26 Å². The molecule has 21 heavy (non-hydrogen) atoms. The highest BCUT2D eigenvalue weighted by Crippen LogP contribution is 2.41. The van der Waals surface area contributed by atoms with Crippen LogP contribution in [0.5, 0.6) is 0 Å². The zero-order valence-electron chi connectivity index (χ0n) is 11.8. The van der Waals surface area contributed by atoms with Crippen molar-refractivity contribution in [2.75, 3.05) is 18.1 Å². The second kappa shape index (κ2) is 6.60. The number of nitro groups is 1. The molecule has 1 fully saturated rings. The summed E-state index contributed by atoms with van der Waals surface area (Å²) in [5.74, 6) is 0. The molecule has 0 saturated heterocycles. The molecule has 0 atom stereocenters. The lowest BCUT2D eigenvalue weighted by molar-refractivity contribution is -0.385. The maximum atomic E-state index is 13.1. The number of hydrogen-bond donors (Lipinski definition) is 1. The molecular weight excluding hydrogens is 298 g/mol. The van der Waals surface area contributed by atoms with Crippen molar-refractivity contribution in [1.29, 1.82) is 0 Å². The third-order valence-corrected chi connectivity index (χ3v) is 5.45. The number of non-ortho nitro benzene ring substituents is 1. The molecule has 0 amide bonds. The first-order chi connectivity index (χ1) is 9.97. The summed E-state index contributed by atoms with van der Waals surface area (Å²) in [7, 11) is 0. The minimum Gasteiger partial charge on any atom is -0.383 e. The van der Waals surface area contributed by atoms with Gasteiger partial charge in [-0.25, -0.2) is 8.78 Å². The smallest absolute Gasteiger partial charge is 0.270 e. The first-order valence-electron chi connectivity index (χ1n) is 6.83. The SMILES string of the molecule is CSC1(CNc2ccc([N+](=O)[O-])cc2C(F)F)CCCC1. The second-order valence-electron chi connectivity index (χ2n) is 5.28. The van der Waals surface area contributed by atoms with E-state index < -0.39 is 11.3 Å². The van der Waals surface area contributed by atoms with E-state index >= 15 is 0 Å². The molecule has 0 unspecified atom stereocenters. The summed E-state index contributed by atoms with van der Waals surface area (Å²) < 4.78 is 26.2. The fourth-order valence-corrected chi connectivity index (χ4v) is 3.65. The average Bonchev–Trinajstić information content (AvgIpc) is 2.94. The van der Waals surface area contributed by atoms with Crippen molar-refractivity contribution < 1.29 is 13.7 Å². The normalized spacial score (nSPS) is 17.1. The van der Waals surface area contributed by atoms with Gasteiger partial charge in [0.05, 0.1) is 4.92 Å². The van der Waals surface area contributed by atoms with Gasteiger partial charge in [0.15, 0.2) is 0 Å². The number of halogens is 2. The highest BCUT2D eigenvalue weighted by atomic mass is 32.2. The van der Waals surface area contributed by atoms with Gasteiger partial charge in [-0.2, -0.15) is 11.8 Å². The minimum absolute atomic E-state index is 0.0845.